The highest BCUT2D eigenvalue weighted by Crippen LogP contribution is 2.36. The predicted octanol–water partition coefficient (Wildman–Crippen LogP) is 7.64. The number of hydrogen-bond acceptors (Lipinski definition) is 4. The number of alkyl halides is 3. The second kappa shape index (κ2) is 12.0. The van der Waals surface area contributed by atoms with Crippen LogP contribution < -0.4 is 4.74 Å². The number of ketones is 2. The minimum absolute atomic E-state index is 0.0255. The SMILES string of the molecule is CC(=O)c1cccc(C(C)O)c1.CC(=O)c1cccc(C(C)Oc2ccc(C(F)(F)F)cc2Cl)c1. The Kier molecular flexibility index (Phi) is 9.63. The van der Waals surface area contributed by atoms with Crippen molar-refractivity contribution < 1.29 is 32.6 Å². The molecule has 186 valence electrons. The highest BCUT2D eigenvalue weighted by Gasteiger charge is 2.31. The van der Waals surface area contributed by atoms with Crippen molar-refractivity contribution in [2.45, 2.75) is 46.1 Å². The van der Waals surface area contributed by atoms with Crippen molar-refractivity contribution in [2.75, 3.05) is 0 Å². The average Bonchev–Trinajstić information content (AvgIpc) is 2.80. The van der Waals surface area contributed by atoms with Crippen LogP contribution in [-0.4, -0.2) is 16.7 Å². The largest absolute Gasteiger partial charge is 0.484 e. The Morgan fingerprint density at radius 2 is 1.37 bits per heavy atom. The molecule has 0 radical (unpaired) electrons. The van der Waals surface area contributed by atoms with E-state index in [1.54, 1.807) is 62.4 Å². The summed E-state index contributed by atoms with van der Waals surface area (Å²) < 4.78 is 43.5. The molecule has 0 spiro atoms. The zero-order valence-electron chi connectivity index (χ0n) is 19.7. The fourth-order valence-corrected chi connectivity index (χ4v) is 3.28. The molecule has 0 amide bonds. The number of carbonyl (C=O) groups is 2. The van der Waals surface area contributed by atoms with Gasteiger partial charge in [-0.1, -0.05) is 48.0 Å². The average molecular weight is 507 g/mol. The van der Waals surface area contributed by atoms with Crippen molar-refractivity contribution in [3.63, 3.8) is 0 Å². The molecule has 2 atom stereocenters. The lowest BCUT2D eigenvalue weighted by molar-refractivity contribution is -0.137. The number of halogens is 4. The molecule has 0 aromatic heterocycles. The molecule has 0 aliphatic rings. The molecular weight excluding hydrogens is 481 g/mol. The number of rotatable bonds is 6. The molecular formula is C27H26ClF3O4. The monoisotopic (exact) mass is 506 g/mol. The number of Topliss-reactive ketones (excluding diaryl/α,β-unsaturated/α-hetero) is 2. The van der Waals surface area contributed by atoms with E-state index in [2.05, 4.69) is 0 Å². The summed E-state index contributed by atoms with van der Waals surface area (Å²) in [6.45, 7) is 6.38. The van der Waals surface area contributed by atoms with Gasteiger partial charge in [-0.3, -0.25) is 9.59 Å². The van der Waals surface area contributed by atoms with Crippen molar-refractivity contribution in [3.8, 4) is 5.75 Å². The topological polar surface area (TPSA) is 63.6 Å². The first kappa shape index (κ1) is 28.1. The molecule has 35 heavy (non-hydrogen) atoms. The molecule has 4 nitrogen and oxygen atoms in total. The first-order valence-corrected chi connectivity index (χ1v) is 11.1. The number of aliphatic hydroxyl groups excluding tert-OH is 1. The smallest absolute Gasteiger partial charge is 0.416 e. The second-order valence-electron chi connectivity index (χ2n) is 7.94. The first-order valence-electron chi connectivity index (χ1n) is 10.7. The third-order valence-electron chi connectivity index (χ3n) is 5.10. The van der Waals surface area contributed by atoms with Gasteiger partial charge in [0.15, 0.2) is 11.6 Å². The van der Waals surface area contributed by atoms with Gasteiger partial charge in [-0.2, -0.15) is 13.2 Å². The standard InChI is InChI=1S/C17H14ClF3O2.C10H12O2/c1-10(22)12-4-3-5-13(8-12)11(2)23-16-7-6-14(9-15(16)18)17(19,20)21;1-7(11)9-4-3-5-10(6-9)8(2)12/h3-9,11H,1-2H3;3-7,11H,1-2H3. The summed E-state index contributed by atoms with van der Waals surface area (Å²) in [5, 5.41) is 9.10. The van der Waals surface area contributed by atoms with Crippen LogP contribution in [0, 0.1) is 0 Å². The number of hydrogen-bond donors (Lipinski definition) is 1. The van der Waals surface area contributed by atoms with Crippen LogP contribution in [-0.2, 0) is 6.18 Å². The van der Waals surface area contributed by atoms with E-state index in [1.165, 1.54) is 19.9 Å². The molecule has 1 N–H and O–H groups in total. The molecule has 0 fully saturated rings. The van der Waals surface area contributed by atoms with Gasteiger partial charge in [0.05, 0.1) is 16.7 Å². The van der Waals surface area contributed by atoms with Crippen molar-refractivity contribution in [1.29, 1.82) is 0 Å². The van der Waals surface area contributed by atoms with Crippen LogP contribution in [0.15, 0.2) is 66.7 Å². The molecule has 3 aromatic rings. The first-order chi connectivity index (χ1) is 16.3. The van der Waals surface area contributed by atoms with Crippen molar-refractivity contribution >= 4 is 23.2 Å². The van der Waals surface area contributed by atoms with Crippen LogP contribution in [0.2, 0.25) is 5.02 Å². The lowest BCUT2D eigenvalue weighted by Gasteiger charge is -2.17. The van der Waals surface area contributed by atoms with Gasteiger partial charge in [0.25, 0.3) is 0 Å². The van der Waals surface area contributed by atoms with E-state index >= 15 is 0 Å². The summed E-state index contributed by atoms with van der Waals surface area (Å²) in [4.78, 5) is 22.3. The maximum Gasteiger partial charge on any atom is 0.416 e. The fourth-order valence-electron chi connectivity index (χ4n) is 3.06. The Balaban J connectivity index is 0.000000303. The van der Waals surface area contributed by atoms with Gasteiger partial charge in [0.1, 0.15) is 11.9 Å². The van der Waals surface area contributed by atoms with Gasteiger partial charge >= 0.3 is 6.18 Å². The number of carbonyl (C=O) groups excluding carboxylic acids is 2. The van der Waals surface area contributed by atoms with E-state index in [-0.39, 0.29) is 22.3 Å². The van der Waals surface area contributed by atoms with Crippen molar-refractivity contribution in [2.24, 2.45) is 0 Å². The third-order valence-corrected chi connectivity index (χ3v) is 5.40. The Morgan fingerprint density at radius 3 is 1.83 bits per heavy atom. The summed E-state index contributed by atoms with van der Waals surface area (Å²) in [7, 11) is 0. The zero-order valence-corrected chi connectivity index (χ0v) is 20.4. The van der Waals surface area contributed by atoms with Crippen LogP contribution in [0.3, 0.4) is 0 Å². The highest BCUT2D eigenvalue weighted by atomic mass is 35.5. The number of aliphatic hydroxyl groups is 1. The lowest BCUT2D eigenvalue weighted by Crippen LogP contribution is -2.07. The van der Waals surface area contributed by atoms with Gasteiger partial charge in [0, 0.05) is 11.1 Å². The van der Waals surface area contributed by atoms with E-state index in [0.29, 0.717) is 11.1 Å². The van der Waals surface area contributed by atoms with E-state index < -0.39 is 23.9 Å². The Hall–Kier alpha value is -3.16. The van der Waals surface area contributed by atoms with E-state index in [4.69, 9.17) is 16.3 Å². The molecule has 3 aromatic carbocycles. The van der Waals surface area contributed by atoms with Crippen LogP contribution in [0.25, 0.3) is 0 Å². The van der Waals surface area contributed by atoms with Gasteiger partial charge < -0.3 is 9.84 Å². The van der Waals surface area contributed by atoms with Gasteiger partial charge in [-0.15, -0.1) is 0 Å². The molecule has 0 heterocycles. The van der Waals surface area contributed by atoms with Crippen molar-refractivity contribution in [1.82, 2.24) is 0 Å². The van der Waals surface area contributed by atoms with E-state index in [1.807, 2.05) is 0 Å². The van der Waals surface area contributed by atoms with Crippen molar-refractivity contribution in [3.05, 3.63) is 99.6 Å². The van der Waals surface area contributed by atoms with Gasteiger partial charge in [0.2, 0.25) is 0 Å². The van der Waals surface area contributed by atoms with Crippen LogP contribution in [0.5, 0.6) is 5.75 Å². The summed E-state index contributed by atoms with van der Waals surface area (Å²) in [6, 6.07) is 16.8. The highest BCUT2D eigenvalue weighted by molar-refractivity contribution is 6.32. The maximum atomic E-state index is 12.6. The molecule has 2 unspecified atom stereocenters. The van der Waals surface area contributed by atoms with E-state index in [0.717, 1.165) is 23.3 Å². The third kappa shape index (κ3) is 8.23. The lowest BCUT2D eigenvalue weighted by atomic mass is 10.0. The quantitative estimate of drug-likeness (QED) is 0.349. The minimum atomic E-state index is -4.45. The maximum absolute atomic E-state index is 12.6. The minimum Gasteiger partial charge on any atom is -0.484 e. The normalized spacial score (nSPS) is 12.7. The molecule has 0 aliphatic carbocycles. The number of benzene rings is 3. The van der Waals surface area contributed by atoms with Gasteiger partial charge in [-0.05, 0) is 69.2 Å². The van der Waals surface area contributed by atoms with Crippen LogP contribution >= 0.6 is 11.6 Å². The molecule has 3 rings (SSSR count). The fraction of sp³-hybridized carbons (Fsp3) is 0.259. The Morgan fingerprint density at radius 1 is 0.857 bits per heavy atom. The van der Waals surface area contributed by atoms with Gasteiger partial charge in [-0.25, -0.2) is 0 Å². The molecule has 0 saturated carbocycles. The molecule has 8 heteroatoms. The second-order valence-corrected chi connectivity index (χ2v) is 8.35. The molecule has 0 aliphatic heterocycles. The van der Waals surface area contributed by atoms with Crippen LogP contribution in [0.1, 0.15) is 77.3 Å². The predicted molar refractivity (Wildman–Crippen MR) is 129 cm³/mol. The summed E-state index contributed by atoms with van der Waals surface area (Å²) in [6.07, 6.45) is -5.43. The summed E-state index contributed by atoms with van der Waals surface area (Å²) in [5.74, 6) is 0.101. The molecule has 0 saturated heterocycles. The molecule has 0 bridgehead atoms. The Bertz CT molecular complexity index is 1190. The Labute approximate surface area is 207 Å². The summed E-state index contributed by atoms with van der Waals surface area (Å²) >= 11 is 5.87. The number of ether oxygens (including phenoxy) is 1. The van der Waals surface area contributed by atoms with Crippen LogP contribution in [0.4, 0.5) is 13.2 Å². The zero-order chi connectivity index (χ0) is 26.3. The summed E-state index contributed by atoms with van der Waals surface area (Å²) in [5.41, 5.74) is 1.86. The van der Waals surface area contributed by atoms with E-state index in [9.17, 15) is 27.9 Å².